The van der Waals surface area contributed by atoms with Gasteiger partial charge in [-0.3, -0.25) is 0 Å². The Labute approximate surface area is 154 Å². The van der Waals surface area contributed by atoms with Gasteiger partial charge in [0.2, 0.25) is 0 Å². The topological polar surface area (TPSA) is 41.5 Å². The van der Waals surface area contributed by atoms with Crippen LogP contribution in [0.15, 0.2) is 36.4 Å². The molecule has 0 saturated carbocycles. The summed E-state index contributed by atoms with van der Waals surface area (Å²) in [4.78, 5) is 0. The van der Waals surface area contributed by atoms with E-state index in [0.717, 1.165) is 49.2 Å². The molecule has 0 aliphatic carbocycles. The van der Waals surface area contributed by atoms with E-state index in [2.05, 4.69) is 35.6 Å². The standard InChI is InChI=1S/C21H24ClNO2/c22-19-6-5-16(21-3-1-2-18(13-24)25-21)12-17(19)11-14-4-7-20-15(10-14)8-9-23-20/h4-7,10,12,18,21,23-24H,1-3,8-9,11,13H2/t18-,21+/m1/s1. The van der Waals surface area contributed by atoms with Gasteiger partial charge in [0, 0.05) is 17.3 Å². The molecule has 132 valence electrons. The summed E-state index contributed by atoms with van der Waals surface area (Å²) in [6.07, 6.45) is 4.98. The Balaban J connectivity index is 1.55. The van der Waals surface area contributed by atoms with Crippen molar-refractivity contribution in [1.82, 2.24) is 0 Å². The van der Waals surface area contributed by atoms with Crippen LogP contribution in [0, 0.1) is 0 Å². The number of halogens is 1. The van der Waals surface area contributed by atoms with Gasteiger partial charge < -0.3 is 15.2 Å². The van der Waals surface area contributed by atoms with Crippen LogP contribution in [-0.2, 0) is 17.6 Å². The maximum atomic E-state index is 9.37. The molecule has 2 aromatic carbocycles. The van der Waals surface area contributed by atoms with Gasteiger partial charge in [0.05, 0.1) is 18.8 Å². The minimum atomic E-state index is -0.0397. The van der Waals surface area contributed by atoms with Gasteiger partial charge >= 0.3 is 0 Å². The first kappa shape index (κ1) is 16.9. The predicted molar refractivity (Wildman–Crippen MR) is 101 cm³/mol. The lowest BCUT2D eigenvalue weighted by Gasteiger charge is -2.29. The smallest absolute Gasteiger partial charge is 0.0830 e. The zero-order chi connectivity index (χ0) is 17.2. The number of ether oxygens (including phenoxy) is 1. The fraction of sp³-hybridized carbons (Fsp3) is 0.429. The molecule has 0 bridgehead atoms. The minimum Gasteiger partial charge on any atom is -0.394 e. The largest absolute Gasteiger partial charge is 0.394 e. The Morgan fingerprint density at radius 1 is 1.16 bits per heavy atom. The van der Waals surface area contributed by atoms with Gasteiger partial charge in [-0.05, 0) is 66.5 Å². The van der Waals surface area contributed by atoms with Gasteiger partial charge in [-0.2, -0.15) is 0 Å². The molecule has 2 aromatic rings. The normalized spacial score (nSPS) is 22.5. The molecule has 0 unspecified atom stereocenters. The lowest BCUT2D eigenvalue weighted by molar-refractivity contribution is -0.0737. The van der Waals surface area contributed by atoms with Crippen molar-refractivity contribution in [1.29, 1.82) is 0 Å². The van der Waals surface area contributed by atoms with E-state index in [1.165, 1.54) is 22.4 Å². The highest BCUT2D eigenvalue weighted by Gasteiger charge is 2.23. The second-order valence-electron chi connectivity index (χ2n) is 7.06. The Morgan fingerprint density at radius 3 is 2.96 bits per heavy atom. The molecule has 0 amide bonds. The minimum absolute atomic E-state index is 0.0397. The van der Waals surface area contributed by atoms with E-state index in [1.807, 2.05) is 6.07 Å². The van der Waals surface area contributed by atoms with Crippen LogP contribution >= 0.6 is 11.6 Å². The molecule has 2 heterocycles. The number of hydrogen-bond donors (Lipinski definition) is 2. The van der Waals surface area contributed by atoms with Crippen molar-refractivity contribution < 1.29 is 9.84 Å². The summed E-state index contributed by atoms with van der Waals surface area (Å²) in [5, 5.41) is 13.6. The summed E-state index contributed by atoms with van der Waals surface area (Å²) in [5.74, 6) is 0. The first-order chi connectivity index (χ1) is 12.2. The number of nitrogens with one attached hydrogen (secondary N) is 1. The Morgan fingerprint density at radius 2 is 2.08 bits per heavy atom. The maximum Gasteiger partial charge on any atom is 0.0830 e. The van der Waals surface area contributed by atoms with Crippen LogP contribution in [0.3, 0.4) is 0 Å². The molecule has 25 heavy (non-hydrogen) atoms. The molecule has 0 aromatic heterocycles. The molecule has 1 saturated heterocycles. The zero-order valence-electron chi connectivity index (χ0n) is 14.3. The van der Waals surface area contributed by atoms with E-state index in [4.69, 9.17) is 16.3 Å². The van der Waals surface area contributed by atoms with E-state index in [-0.39, 0.29) is 18.8 Å². The Bertz CT molecular complexity index is 762. The van der Waals surface area contributed by atoms with Crippen LogP contribution in [-0.4, -0.2) is 24.4 Å². The van der Waals surface area contributed by atoms with Crippen LogP contribution in [0.1, 0.15) is 47.6 Å². The van der Waals surface area contributed by atoms with Crippen molar-refractivity contribution in [3.05, 3.63) is 63.7 Å². The third kappa shape index (κ3) is 3.69. The lowest BCUT2D eigenvalue weighted by Crippen LogP contribution is -2.25. The number of hydrogen-bond acceptors (Lipinski definition) is 3. The lowest BCUT2D eigenvalue weighted by atomic mass is 9.95. The quantitative estimate of drug-likeness (QED) is 0.846. The maximum absolute atomic E-state index is 9.37. The molecule has 2 aliphatic rings. The second-order valence-corrected chi connectivity index (χ2v) is 7.46. The van der Waals surface area contributed by atoms with E-state index in [1.54, 1.807) is 0 Å². The summed E-state index contributed by atoms with van der Waals surface area (Å²) in [6, 6.07) is 12.9. The van der Waals surface area contributed by atoms with Gasteiger partial charge in [-0.15, -0.1) is 0 Å². The highest BCUT2D eigenvalue weighted by Crippen LogP contribution is 2.34. The molecule has 4 heteroatoms. The third-order valence-electron chi connectivity index (χ3n) is 5.27. The summed E-state index contributed by atoms with van der Waals surface area (Å²) in [7, 11) is 0. The summed E-state index contributed by atoms with van der Waals surface area (Å²) >= 11 is 6.47. The molecule has 3 nitrogen and oxygen atoms in total. The summed E-state index contributed by atoms with van der Waals surface area (Å²) in [5.41, 5.74) is 6.25. The van der Waals surface area contributed by atoms with Crippen LogP contribution in [0.2, 0.25) is 5.02 Å². The van der Waals surface area contributed by atoms with Crippen molar-refractivity contribution in [2.45, 2.75) is 44.3 Å². The number of fused-ring (bicyclic) bond motifs is 1. The van der Waals surface area contributed by atoms with Crippen LogP contribution in [0.5, 0.6) is 0 Å². The zero-order valence-corrected chi connectivity index (χ0v) is 15.1. The molecular formula is C21H24ClNO2. The molecule has 2 N–H and O–H groups in total. The highest BCUT2D eigenvalue weighted by atomic mass is 35.5. The van der Waals surface area contributed by atoms with Gasteiger partial charge in [-0.1, -0.05) is 35.9 Å². The highest BCUT2D eigenvalue weighted by molar-refractivity contribution is 6.31. The SMILES string of the molecule is OC[C@H]1CCC[C@@H](c2ccc(Cl)c(Cc3ccc4c(c3)CCN4)c2)O1. The van der Waals surface area contributed by atoms with Gasteiger partial charge in [0.15, 0.2) is 0 Å². The number of aliphatic hydroxyl groups excluding tert-OH is 1. The molecule has 2 atom stereocenters. The predicted octanol–water partition coefficient (Wildman–Crippen LogP) is 4.50. The fourth-order valence-corrected chi connectivity index (χ4v) is 4.08. The van der Waals surface area contributed by atoms with Crippen molar-refractivity contribution in [2.75, 3.05) is 18.5 Å². The summed E-state index contributed by atoms with van der Waals surface area (Å²) in [6.45, 7) is 1.13. The van der Waals surface area contributed by atoms with Crippen molar-refractivity contribution >= 4 is 17.3 Å². The van der Waals surface area contributed by atoms with Crippen LogP contribution in [0.4, 0.5) is 5.69 Å². The average Bonchev–Trinajstić information content (AvgIpc) is 3.11. The molecule has 4 rings (SSSR count). The average molecular weight is 358 g/mol. The first-order valence-corrected chi connectivity index (χ1v) is 9.51. The number of aliphatic hydroxyl groups is 1. The fourth-order valence-electron chi connectivity index (χ4n) is 3.90. The van der Waals surface area contributed by atoms with Crippen molar-refractivity contribution in [3.63, 3.8) is 0 Å². The van der Waals surface area contributed by atoms with Crippen LogP contribution < -0.4 is 5.32 Å². The molecule has 1 fully saturated rings. The molecular weight excluding hydrogens is 334 g/mol. The Kier molecular flexibility index (Phi) is 4.98. The van der Waals surface area contributed by atoms with E-state index in [9.17, 15) is 5.11 Å². The van der Waals surface area contributed by atoms with Crippen molar-refractivity contribution in [2.24, 2.45) is 0 Å². The summed E-state index contributed by atoms with van der Waals surface area (Å²) < 4.78 is 6.03. The van der Waals surface area contributed by atoms with Gasteiger partial charge in [0.1, 0.15) is 0 Å². The third-order valence-corrected chi connectivity index (χ3v) is 5.64. The molecule has 0 spiro atoms. The molecule has 2 aliphatic heterocycles. The monoisotopic (exact) mass is 357 g/mol. The number of rotatable bonds is 4. The van der Waals surface area contributed by atoms with E-state index in [0.29, 0.717) is 0 Å². The Hall–Kier alpha value is -1.55. The second kappa shape index (κ2) is 7.36. The number of anilines is 1. The van der Waals surface area contributed by atoms with E-state index < -0.39 is 0 Å². The van der Waals surface area contributed by atoms with E-state index >= 15 is 0 Å². The van der Waals surface area contributed by atoms with Crippen LogP contribution in [0.25, 0.3) is 0 Å². The van der Waals surface area contributed by atoms with Gasteiger partial charge in [0.25, 0.3) is 0 Å². The van der Waals surface area contributed by atoms with Crippen molar-refractivity contribution in [3.8, 4) is 0 Å². The first-order valence-electron chi connectivity index (χ1n) is 9.13. The van der Waals surface area contributed by atoms with Gasteiger partial charge in [-0.25, -0.2) is 0 Å². The number of benzene rings is 2. The molecule has 0 radical (unpaired) electrons.